The second-order valence-electron chi connectivity index (χ2n) is 4.33. The van der Waals surface area contributed by atoms with Crippen molar-refractivity contribution in [1.82, 2.24) is 5.32 Å². The Kier molecular flexibility index (Phi) is 4.27. The molecule has 3 heteroatoms. The van der Waals surface area contributed by atoms with Crippen LogP contribution in [-0.2, 0) is 6.54 Å². The molecule has 0 bridgehead atoms. The van der Waals surface area contributed by atoms with Crippen LogP contribution in [0.1, 0.15) is 24.8 Å². The molecule has 16 heavy (non-hydrogen) atoms. The summed E-state index contributed by atoms with van der Waals surface area (Å²) in [6, 6.07) is 8.62. The first-order valence-electron chi connectivity index (χ1n) is 5.88. The second-order valence-corrected chi connectivity index (χ2v) is 5.64. The molecule has 1 saturated carbocycles. The minimum absolute atomic E-state index is 0.109. The van der Waals surface area contributed by atoms with E-state index in [0.29, 0.717) is 5.25 Å². The minimum atomic E-state index is -0.109. The smallest absolute Gasteiger partial charge is 0.0662 e. The fourth-order valence-corrected chi connectivity index (χ4v) is 3.33. The van der Waals surface area contributed by atoms with Crippen LogP contribution in [0.3, 0.4) is 0 Å². The van der Waals surface area contributed by atoms with Gasteiger partial charge >= 0.3 is 0 Å². The van der Waals surface area contributed by atoms with Crippen LogP contribution in [0.5, 0.6) is 0 Å². The van der Waals surface area contributed by atoms with Gasteiger partial charge in [-0.25, -0.2) is 0 Å². The number of aliphatic hydroxyl groups excluding tert-OH is 1. The number of aliphatic hydroxyl groups is 1. The van der Waals surface area contributed by atoms with Crippen LogP contribution < -0.4 is 5.32 Å². The molecule has 2 unspecified atom stereocenters. The Bertz CT molecular complexity index is 325. The number of thioether (sulfide) groups is 1. The Morgan fingerprint density at radius 1 is 1.31 bits per heavy atom. The monoisotopic (exact) mass is 237 g/mol. The molecular formula is C13H19NOS. The van der Waals surface area contributed by atoms with E-state index in [1.54, 1.807) is 0 Å². The van der Waals surface area contributed by atoms with Gasteiger partial charge in [0.2, 0.25) is 0 Å². The topological polar surface area (TPSA) is 32.3 Å². The van der Waals surface area contributed by atoms with E-state index in [4.69, 9.17) is 0 Å². The van der Waals surface area contributed by atoms with Crippen LogP contribution in [0.2, 0.25) is 0 Å². The van der Waals surface area contributed by atoms with Crippen molar-refractivity contribution in [3.63, 3.8) is 0 Å². The van der Waals surface area contributed by atoms with Crippen molar-refractivity contribution in [3.05, 3.63) is 29.8 Å². The lowest BCUT2D eigenvalue weighted by Crippen LogP contribution is -2.14. The van der Waals surface area contributed by atoms with Gasteiger partial charge in [0, 0.05) is 16.7 Å². The summed E-state index contributed by atoms with van der Waals surface area (Å²) in [6.45, 7) is 0.914. The molecule has 1 aliphatic carbocycles. The van der Waals surface area contributed by atoms with Gasteiger partial charge in [-0.3, -0.25) is 0 Å². The number of benzene rings is 1. The van der Waals surface area contributed by atoms with Crippen molar-refractivity contribution in [1.29, 1.82) is 0 Å². The van der Waals surface area contributed by atoms with Gasteiger partial charge < -0.3 is 10.4 Å². The Balaban J connectivity index is 1.94. The summed E-state index contributed by atoms with van der Waals surface area (Å²) in [5.74, 6) is 0. The van der Waals surface area contributed by atoms with E-state index in [1.807, 2.05) is 18.8 Å². The highest BCUT2D eigenvalue weighted by molar-refractivity contribution is 8.00. The SMILES string of the molecule is CNCc1ccc(SC2CCCC2O)cc1. The maximum atomic E-state index is 9.76. The number of nitrogens with one attached hydrogen (secondary N) is 1. The Hall–Kier alpha value is -0.510. The highest BCUT2D eigenvalue weighted by Crippen LogP contribution is 2.34. The van der Waals surface area contributed by atoms with Crippen LogP contribution in [0.15, 0.2) is 29.2 Å². The van der Waals surface area contributed by atoms with E-state index in [9.17, 15) is 5.11 Å². The van der Waals surface area contributed by atoms with Crippen molar-refractivity contribution in [2.45, 2.75) is 42.1 Å². The molecule has 2 nitrogen and oxygen atoms in total. The minimum Gasteiger partial charge on any atom is -0.392 e. The maximum Gasteiger partial charge on any atom is 0.0662 e. The van der Waals surface area contributed by atoms with Crippen LogP contribution in [0, 0.1) is 0 Å². The molecule has 2 rings (SSSR count). The fraction of sp³-hybridized carbons (Fsp3) is 0.538. The molecule has 1 aromatic carbocycles. The van der Waals surface area contributed by atoms with Gasteiger partial charge in [-0.2, -0.15) is 0 Å². The third-order valence-corrected chi connectivity index (χ3v) is 4.41. The van der Waals surface area contributed by atoms with Gasteiger partial charge in [0.1, 0.15) is 0 Å². The zero-order valence-corrected chi connectivity index (χ0v) is 10.5. The largest absolute Gasteiger partial charge is 0.392 e. The zero-order chi connectivity index (χ0) is 11.4. The first kappa shape index (κ1) is 12.0. The van der Waals surface area contributed by atoms with Gasteiger partial charge in [-0.1, -0.05) is 12.1 Å². The van der Waals surface area contributed by atoms with Crippen LogP contribution in [-0.4, -0.2) is 23.5 Å². The maximum absolute atomic E-state index is 9.76. The molecule has 0 radical (unpaired) electrons. The van der Waals surface area contributed by atoms with Gasteiger partial charge in [0.05, 0.1) is 6.10 Å². The molecule has 0 spiro atoms. The molecule has 88 valence electrons. The fourth-order valence-electron chi connectivity index (χ4n) is 2.11. The average Bonchev–Trinajstić information content (AvgIpc) is 2.68. The van der Waals surface area contributed by atoms with Gasteiger partial charge in [0.15, 0.2) is 0 Å². The van der Waals surface area contributed by atoms with Crippen molar-refractivity contribution >= 4 is 11.8 Å². The van der Waals surface area contributed by atoms with Gasteiger partial charge in [0.25, 0.3) is 0 Å². The number of hydrogen-bond donors (Lipinski definition) is 2. The van der Waals surface area contributed by atoms with E-state index in [2.05, 4.69) is 29.6 Å². The molecule has 2 atom stereocenters. The van der Waals surface area contributed by atoms with Crippen molar-refractivity contribution < 1.29 is 5.11 Å². The number of hydrogen-bond acceptors (Lipinski definition) is 3. The van der Waals surface area contributed by atoms with E-state index in [1.165, 1.54) is 10.5 Å². The summed E-state index contributed by atoms with van der Waals surface area (Å²) in [7, 11) is 1.96. The summed E-state index contributed by atoms with van der Waals surface area (Å²) in [5, 5.41) is 13.3. The molecular weight excluding hydrogens is 218 g/mol. The van der Waals surface area contributed by atoms with Crippen LogP contribution >= 0.6 is 11.8 Å². The first-order chi connectivity index (χ1) is 7.79. The Morgan fingerprint density at radius 2 is 2.06 bits per heavy atom. The quantitative estimate of drug-likeness (QED) is 0.843. The zero-order valence-electron chi connectivity index (χ0n) is 9.65. The average molecular weight is 237 g/mol. The molecule has 1 fully saturated rings. The lowest BCUT2D eigenvalue weighted by atomic mass is 10.2. The standard InChI is InChI=1S/C13H19NOS/c1-14-9-10-5-7-11(8-6-10)16-13-4-2-3-12(13)15/h5-8,12-15H,2-4,9H2,1H3. The van der Waals surface area contributed by atoms with E-state index >= 15 is 0 Å². The van der Waals surface area contributed by atoms with Crippen LogP contribution in [0.4, 0.5) is 0 Å². The number of rotatable bonds is 4. The first-order valence-corrected chi connectivity index (χ1v) is 6.76. The highest BCUT2D eigenvalue weighted by atomic mass is 32.2. The molecule has 1 aromatic rings. The second kappa shape index (κ2) is 5.71. The lowest BCUT2D eigenvalue weighted by Gasteiger charge is -2.13. The molecule has 0 saturated heterocycles. The molecule has 2 N–H and O–H groups in total. The predicted molar refractivity (Wildman–Crippen MR) is 68.7 cm³/mol. The normalized spacial score (nSPS) is 24.9. The predicted octanol–water partition coefficient (Wildman–Crippen LogP) is 2.41. The van der Waals surface area contributed by atoms with Gasteiger partial charge in [-0.15, -0.1) is 11.8 Å². The molecule has 0 aliphatic heterocycles. The summed E-state index contributed by atoms with van der Waals surface area (Å²) in [4.78, 5) is 1.27. The Labute approximate surface area is 101 Å². The van der Waals surface area contributed by atoms with E-state index < -0.39 is 0 Å². The Morgan fingerprint density at radius 3 is 2.62 bits per heavy atom. The van der Waals surface area contributed by atoms with E-state index in [-0.39, 0.29) is 6.10 Å². The summed E-state index contributed by atoms with van der Waals surface area (Å²) in [6.07, 6.45) is 3.16. The molecule has 0 aromatic heterocycles. The van der Waals surface area contributed by atoms with Crippen molar-refractivity contribution in [2.24, 2.45) is 0 Å². The third-order valence-electron chi connectivity index (χ3n) is 3.01. The van der Waals surface area contributed by atoms with Crippen LogP contribution in [0.25, 0.3) is 0 Å². The van der Waals surface area contributed by atoms with Gasteiger partial charge in [-0.05, 0) is 44.0 Å². The molecule has 0 heterocycles. The lowest BCUT2D eigenvalue weighted by molar-refractivity contribution is 0.188. The van der Waals surface area contributed by atoms with E-state index in [0.717, 1.165) is 25.8 Å². The molecule has 0 amide bonds. The summed E-state index contributed by atoms with van der Waals surface area (Å²) < 4.78 is 0. The van der Waals surface area contributed by atoms with Crippen molar-refractivity contribution in [3.8, 4) is 0 Å². The molecule has 1 aliphatic rings. The summed E-state index contributed by atoms with van der Waals surface area (Å²) in [5.41, 5.74) is 1.30. The highest BCUT2D eigenvalue weighted by Gasteiger charge is 2.25. The third kappa shape index (κ3) is 3.00. The summed E-state index contributed by atoms with van der Waals surface area (Å²) >= 11 is 1.82. The van der Waals surface area contributed by atoms with Crippen molar-refractivity contribution in [2.75, 3.05) is 7.05 Å².